The average Bonchev–Trinajstić information content (AvgIpc) is 2.96. The van der Waals surface area contributed by atoms with Crippen molar-refractivity contribution in [2.75, 3.05) is 13.2 Å². The van der Waals surface area contributed by atoms with Crippen LogP contribution >= 0.6 is 0 Å². The Kier molecular flexibility index (Phi) is 4.85. The summed E-state index contributed by atoms with van der Waals surface area (Å²) in [5, 5.41) is 4.11. The zero-order valence-electron chi connectivity index (χ0n) is 14.1. The maximum atomic E-state index is 11.9. The second-order valence-electron chi connectivity index (χ2n) is 6.03. The molecule has 0 atom stereocenters. The van der Waals surface area contributed by atoms with Gasteiger partial charge in [0.2, 0.25) is 0 Å². The molecule has 1 amide bonds. The van der Waals surface area contributed by atoms with Crippen molar-refractivity contribution in [1.29, 1.82) is 0 Å². The summed E-state index contributed by atoms with van der Waals surface area (Å²) >= 11 is 0. The van der Waals surface area contributed by atoms with Crippen LogP contribution in [-0.2, 0) is 11.3 Å². The fourth-order valence-corrected chi connectivity index (χ4v) is 2.87. The summed E-state index contributed by atoms with van der Waals surface area (Å²) in [4.78, 5) is 11.9. The third-order valence-electron chi connectivity index (χ3n) is 3.92. The predicted molar refractivity (Wildman–Crippen MR) is 96.4 cm³/mol. The Morgan fingerprint density at radius 3 is 2.62 bits per heavy atom. The van der Waals surface area contributed by atoms with Crippen LogP contribution in [0.3, 0.4) is 0 Å². The van der Waals surface area contributed by atoms with Crippen molar-refractivity contribution in [1.82, 2.24) is 9.88 Å². The molecule has 0 radical (unpaired) electrons. The minimum absolute atomic E-state index is 0.0370. The van der Waals surface area contributed by atoms with Crippen molar-refractivity contribution in [2.45, 2.75) is 20.4 Å². The van der Waals surface area contributed by atoms with Gasteiger partial charge < -0.3 is 14.6 Å². The molecule has 1 N–H and O–H groups in total. The number of hydrogen-bond acceptors (Lipinski definition) is 2. The normalized spacial score (nSPS) is 10.8. The first-order valence-electron chi connectivity index (χ1n) is 8.13. The molecule has 4 nitrogen and oxygen atoms in total. The number of benzene rings is 2. The van der Waals surface area contributed by atoms with Crippen molar-refractivity contribution in [3.63, 3.8) is 0 Å². The Morgan fingerprint density at radius 2 is 1.83 bits per heavy atom. The molecule has 24 heavy (non-hydrogen) atoms. The fraction of sp³-hybridized carbons (Fsp3) is 0.250. The van der Waals surface area contributed by atoms with Crippen LogP contribution in [0.4, 0.5) is 0 Å². The number of carbonyl (C=O) groups is 1. The largest absolute Gasteiger partial charge is 0.484 e. The molecule has 1 heterocycles. The first kappa shape index (κ1) is 16.1. The van der Waals surface area contributed by atoms with E-state index in [4.69, 9.17) is 4.74 Å². The lowest BCUT2D eigenvalue weighted by Crippen LogP contribution is -2.31. The number of hydrogen-bond donors (Lipinski definition) is 1. The van der Waals surface area contributed by atoms with Crippen LogP contribution in [-0.4, -0.2) is 23.6 Å². The van der Waals surface area contributed by atoms with Gasteiger partial charge in [-0.25, -0.2) is 0 Å². The smallest absolute Gasteiger partial charge is 0.258 e. The van der Waals surface area contributed by atoms with Gasteiger partial charge in [0.25, 0.3) is 5.91 Å². The van der Waals surface area contributed by atoms with E-state index in [2.05, 4.69) is 34.1 Å². The summed E-state index contributed by atoms with van der Waals surface area (Å²) in [6.07, 6.45) is 2.04. The van der Waals surface area contributed by atoms with E-state index in [0.29, 0.717) is 6.54 Å². The third-order valence-corrected chi connectivity index (χ3v) is 3.92. The lowest BCUT2D eigenvalue weighted by atomic mass is 10.1. The van der Waals surface area contributed by atoms with Gasteiger partial charge in [-0.05, 0) is 54.6 Å². The molecule has 3 aromatic rings. The highest BCUT2D eigenvalue weighted by molar-refractivity contribution is 5.80. The summed E-state index contributed by atoms with van der Waals surface area (Å²) in [5.41, 5.74) is 3.44. The maximum Gasteiger partial charge on any atom is 0.258 e. The quantitative estimate of drug-likeness (QED) is 0.755. The van der Waals surface area contributed by atoms with Gasteiger partial charge in [-0.2, -0.15) is 0 Å². The number of ether oxygens (including phenoxy) is 1. The molecule has 0 aliphatic heterocycles. The van der Waals surface area contributed by atoms with E-state index in [0.717, 1.165) is 23.4 Å². The summed E-state index contributed by atoms with van der Waals surface area (Å²) in [7, 11) is 0. The van der Waals surface area contributed by atoms with Crippen LogP contribution in [0.15, 0.2) is 54.7 Å². The monoisotopic (exact) mass is 322 g/mol. The van der Waals surface area contributed by atoms with Gasteiger partial charge in [0.15, 0.2) is 6.61 Å². The van der Waals surface area contributed by atoms with Gasteiger partial charge in [-0.15, -0.1) is 0 Å². The molecule has 0 unspecified atom stereocenters. The molecule has 4 heteroatoms. The van der Waals surface area contributed by atoms with E-state index in [1.807, 2.05) is 44.3 Å². The van der Waals surface area contributed by atoms with E-state index < -0.39 is 0 Å². The topological polar surface area (TPSA) is 43.3 Å². The Balaban J connectivity index is 1.47. The molecular formula is C20H22N2O2. The van der Waals surface area contributed by atoms with Crippen LogP contribution < -0.4 is 10.1 Å². The predicted octanol–water partition coefficient (Wildman–Crippen LogP) is 3.45. The Hall–Kier alpha value is -2.75. The average molecular weight is 322 g/mol. The van der Waals surface area contributed by atoms with E-state index in [1.54, 1.807) is 0 Å². The van der Waals surface area contributed by atoms with Gasteiger partial charge in [0.05, 0.1) is 0 Å². The van der Waals surface area contributed by atoms with Crippen LogP contribution in [0.2, 0.25) is 0 Å². The van der Waals surface area contributed by atoms with Crippen LogP contribution in [0.1, 0.15) is 11.1 Å². The first-order valence-corrected chi connectivity index (χ1v) is 8.13. The summed E-state index contributed by atoms with van der Waals surface area (Å²) in [6, 6.07) is 16.3. The van der Waals surface area contributed by atoms with E-state index in [1.165, 1.54) is 10.9 Å². The molecule has 0 aliphatic carbocycles. The molecule has 2 aromatic carbocycles. The minimum Gasteiger partial charge on any atom is -0.484 e. The molecular weight excluding hydrogens is 300 g/mol. The summed E-state index contributed by atoms with van der Waals surface area (Å²) in [6.45, 7) is 5.38. The molecule has 0 bridgehead atoms. The van der Waals surface area contributed by atoms with Crippen molar-refractivity contribution >= 4 is 16.8 Å². The Morgan fingerprint density at radius 1 is 1.08 bits per heavy atom. The number of aryl methyl sites for hydroxylation is 2. The highest BCUT2D eigenvalue weighted by Crippen LogP contribution is 2.16. The lowest BCUT2D eigenvalue weighted by Gasteiger charge is -2.10. The molecule has 124 valence electrons. The number of nitrogens with one attached hydrogen (secondary N) is 1. The number of amides is 1. The standard InChI is InChI=1S/C20H22N2O2/c1-15-11-16(2)13-18(12-15)24-14-20(23)21-8-10-22-9-7-17-5-3-4-6-19(17)22/h3-7,9,11-13H,8,10,14H2,1-2H3,(H,21,23). The minimum atomic E-state index is -0.106. The number of para-hydroxylation sites is 1. The van der Waals surface area contributed by atoms with Crippen molar-refractivity contribution in [3.05, 3.63) is 65.9 Å². The first-order chi connectivity index (χ1) is 11.6. The Labute approximate surface area is 142 Å². The van der Waals surface area contributed by atoms with Crippen LogP contribution in [0, 0.1) is 13.8 Å². The molecule has 0 fully saturated rings. The van der Waals surface area contributed by atoms with E-state index in [-0.39, 0.29) is 12.5 Å². The highest BCUT2D eigenvalue weighted by atomic mass is 16.5. The zero-order valence-corrected chi connectivity index (χ0v) is 14.1. The summed E-state index contributed by atoms with van der Waals surface area (Å²) < 4.78 is 7.71. The Bertz CT molecular complexity index is 831. The number of aromatic nitrogens is 1. The van der Waals surface area contributed by atoms with E-state index in [9.17, 15) is 4.79 Å². The highest BCUT2D eigenvalue weighted by Gasteiger charge is 2.04. The van der Waals surface area contributed by atoms with Crippen molar-refractivity contribution < 1.29 is 9.53 Å². The van der Waals surface area contributed by atoms with Crippen molar-refractivity contribution in [2.24, 2.45) is 0 Å². The van der Waals surface area contributed by atoms with Gasteiger partial charge in [-0.3, -0.25) is 4.79 Å². The summed E-state index contributed by atoms with van der Waals surface area (Å²) in [5.74, 6) is 0.629. The van der Waals surface area contributed by atoms with Gasteiger partial charge in [-0.1, -0.05) is 24.3 Å². The van der Waals surface area contributed by atoms with Crippen LogP contribution in [0.25, 0.3) is 10.9 Å². The second-order valence-corrected chi connectivity index (χ2v) is 6.03. The number of carbonyl (C=O) groups excluding carboxylic acids is 1. The molecule has 0 spiro atoms. The van der Waals surface area contributed by atoms with Gasteiger partial charge >= 0.3 is 0 Å². The molecule has 0 saturated carbocycles. The molecule has 1 aromatic heterocycles. The number of rotatable bonds is 6. The lowest BCUT2D eigenvalue weighted by molar-refractivity contribution is -0.123. The second kappa shape index (κ2) is 7.21. The number of nitrogens with zero attached hydrogens (tertiary/aromatic N) is 1. The van der Waals surface area contributed by atoms with Crippen molar-refractivity contribution in [3.8, 4) is 5.75 Å². The fourth-order valence-electron chi connectivity index (χ4n) is 2.87. The van der Waals surface area contributed by atoms with E-state index >= 15 is 0 Å². The number of fused-ring (bicyclic) bond motifs is 1. The molecule has 0 aliphatic rings. The van der Waals surface area contributed by atoms with Gasteiger partial charge in [0.1, 0.15) is 5.75 Å². The molecule has 3 rings (SSSR count). The molecule has 0 saturated heterocycles. The maximum absolute atomic E-state index is 11.9. The van der Waals surface area contributed by atoms with Gasteiger partial charge in [0, 0.05) is 24.8 Å². The third kappa shape index (κ3) is 3.96. The zero-order chi connectivity index (χ0) is 16.9. The van der Waals surface area contributed by atoms with Crippen LogP contribution in [0.5, 0.6) is 5.75 Å². The SMILES string of the molecule is Cc1cc(C)cc(OCC(=O)NCCn2ccc3ccccc32)c1.